The molecule has 2 aromatic carbocycles. The van der Waals surface area contributed by atoms with Gasteiger partial charge in [-0.15, -0.1) is 0 Å². The summed E-state index contributed by atoms with van der Waals surface area (Å²) in [6.07, 6.45) is -0.477. The quantitative estimate of drug-likeness (QED) is 0.881. The van der Waals surface area contributed by atoms with Crippen LogP contribution in [0.4, 0.5) is 0 Å². The fraction of sp³-hybridized carbons (Fsp3) is 0.333. The number of aliphatic hydroxyl groups is 1. The van der Waals surface area contributed by atoms with Crippen LogP contribution in [0, 0.1) is 0 Å². The van der Waals surface area contributed by atoms with Crippen LogP contribution in [0.3, 0.4) is 0 Å². The van der Waals surface area contributed by atoms with E-state index in [2.05, 4.69) is 0 Å². The lowest BCUT2D eigenvalue weighted by atomic mass is 10.1. The molecule has 1 N–H and O–H groups in total. The summed E-state index contributed by atoms with van der Waals surface area (Å²) in [7, 11) is 0. The van der Waals surface area contributed by atoms with Crippen molar-refractivity contribution in [2.45, 2.75) is 20.0 Å². The molecule has 0 saturated heterocycles. The maximum atomic E-state index is 9.27. The molecule has 3 nitrogen and oxygen atoms in total. The summed E-state index contributed by atoms with van der Waals surface area (Å²) >= 11 is 0. The van der Waals surface area contributed by atoms with Gasteiger partial charge in [0.25, 0.3) is 0 Å². The van der Waals surface area contributed by atoms with Crippen molar-refractivity contribution in [3.63, 3.8) is 0 Å². The Morgan fingerprint density at radius 2 is 1.56 bits per heavy atom. The minimum Gasteiger partial charge on any atom is -0.493 e. The lowest BCUT2D eigenvalue weighted by Crippen LogP contribution is -2.12. The molecule has 3 heteroatoms. The van der Waals surface area contributed by atoms with Gasteiger partial charge in [-0.05, 0) is 26.0 Å². The van der Waals surface area contributed by atoms with Crippen LogP contribution in [0.1, 0.15) is 13.8 Å². The van der Waals surface area contributed by atoms with E-state index in [4.69, 9.17) is 9.47 Å². The van der Waals surface area contributed by atoms with Gasteiger partial charge < -0.3 is 14.6 Å². The lowest BCUT2D eigenvalue weighted by Gasteiger charge is -2.13. The number of aliphatic hydroxyl groups excluding tert-OH is 1. The van der Waals surface area contributed by atoms with Gasteiger partial charge in [0, 0.05) is 10.8 Å². The van der Waals surface area contributed by atoms with E-state index in [-0.39, 0.29) is 6.61 Å². The molecule has 0 heterocycles. The number of fused-ring (bicyclic) bond motifs is 1. The van der Waals surface area contributed by atoms with Gasteiger partial charge in [0.05, 0.1) is 12.7 Å². The summed E-state index contributed by atoms with van der Waals surface area (Å²) < 4.78 is 11.2. The highest BCUT2D eigenvalue weighted by molar-refractivity contribution is 5.93. The van der Waals surface area contributed by atoms with Crippen LogP contribution in [-0.4, -0.2) is 24.4 Å². The highest BCUT2D eigenvalue weighted by atomic mass is 16.5. The highest BCUT2D eigenvalue weighted by Crippen LogP contribution is 2.33. The molecule has 1 unspecified atom stereocenters. The fourth-order valence-corrected chi connectivity index (χ4v) is 1.86. The zero-order valence-electron chi connectivity index (χ0n) is 10.7. The second kappa shape index (κ2) is 5.74. The molecule has 0 spiro atoms. The molecule has 0 bridgehead atoms. The molecule has 0 amide bonds. The van der Waals surface area contributed by atoms with E-state index in [0.717, 1.165) is 22.3 Å². The van der Waals surface area contributed by atoms with Crippen LogP contribution in [0.15, 0.2) is 36.4 Å². The average molecular weight is 246 g/mol. The molecular weight excluding hydrogens is 228 g/mol. The molecule has 0 saturated carbocycles. The van der Waals surface area contributed by atoms with Crippen LogP contribution < -0.4 is 9.47 Å². The minimum atomic E-state index is -0.477. The number of ether oxygens (including phenoxy) is 2. The molecular formula is C15H18O3. The summed E-state index contributed by atoms with van der Waals surface area (Å²) in [5, 5.41) is 11.3. The Balaban J connectivity index is 2.40. The molecule has 18 heavy (non-hydrogen) atoms. The molecule has 0 fully saturated rings. The summed E-state index contributed by atoms with van der Waals surface area (Å²) in [5.74, 6) is 1.63. The Morgan fingerprint density at radius 1 is 1.00 bits per heavy atom. The SMILES string of the molecule is CCOc1ccc(OCC(C)O)c2ccccc12. The van der Waals surface area contributed by atoms with Crippen molar-refractivity contribution in [2.75, 3.05) is 13.2 Å². The van der Waals surface area contributed by atoms with E-state index in [9.17, 15) is 5.11 Å². The maximum absolute atomic E-state index is 9.27. The standard InChI is InChI=1S/C15H18O3/c1-3-17-14-8-9-15(18-10-11(2)16)13-7-5-4-6-12(13)14/h4-9,11,16H,3,10H2,1-2H3. The molecule has 2 rings (SSSR count). The van der Waals surface area contributed by atoms with E-state index >= 15 is 0 Å². The Hall–Kier alpha value is -1.74. The molecule has 2 aromatic rings. The van der Waals surface area contributed by atoms with Crippen molar-refractivity contribution in [1.29, 1.82) is 0 Å². The smallest absolute Gasteiger partial charge is 0.127 e. The number of hydrogen-bond donors (Lipinski definition) is 1. The first-order valence-corrected chi connectivity index (χ1v) is 6.17. The zero-order chi connectivity index (χ0) is 13.0. The Morgan fingerprint density at radius 3 is 2.06 bits per heavy atom. The lowest BCUT2D eigenvalue weighted by molar-refractivity contribution is 0.123. The van der Waals surface area contributed by atoms with E-state index in [1.54, 1.807) is 6.92 Å². The van der Waals surface area contributed by atoms with E-state index in [1.807, 2.05) is 43.3 Å². The van der Waals surface area contributed by atoms with Crippen LogP contribution in [-0.2, 0) is 0 Å². The van der Waals surface area contributed by atoms with Gasteiger partial charge >= 0.3 is 0 Å². The topological polar surface area (TPSA) is 38.7 Å². The minimum absolute atomic E-state index is 0.290. The van der Waals surface area contributed by atoms with Crippen molar-refractivity contribution in [3.8, 4) is 11.5 Å². The van der Waals surface area contributed by atoms with Gasteiger partial charge in [-0.1, -0.05) is 24.3 Å². The summed E-state index contributed by atoms with van der Waals surface area (Å²) in [4.78, 5) is 0. The van der Waals surface area contributed by atoms with Crippen molar-refractivity contribution in [1.82, 2.24) is 0 Å². The second-order valence-electron chi connectivity index (χ2n) is 4.20. The largest absolute Gasteiger partial charge is 0.493 e. The summed E-state index contributed by atoms with van der Waals surface area (Å²) in [6, 6.07) is 11.7. The third-order valence-electron chi connectivity index (χ3n) is 2.62. The van der Waals surface area contributed by atoms with Crippen LogP contribution in [0.5, 0.6) is 11.5 Å². The predicted molar refractivity (Wildman–Crippen MR) is 72.3 cm³/mol. The van der Waals surface area contributed by atoms with Crippen molar-refractivity contribution in [2.24, 2.45) is 0 Å². The van der Waals surface area contributed by atoms with Crippen LogP contribution in [0.25, 0.3) is 10.8 Å². The van der Waals surface area contributed by atoms with Crippen molar-refractivity contribution < 1.29 is 14.6 Å². The van der Waals surface area contributed by atoms with E-state index < -0.39 is 6.10 Å². The summed E-state index contributed by atoms with van der Waals surface area (Å²) in [6.45, 7) is 4.60. The molecule has 0 aromatic heterocycles. The summed E-state index contributed by atoms with van der Waals surface area (Å²) in [5.41, 5.74) is 0. The Labute approximate surface area is 107 Å². The van der Waals surface area contributed by atoms with Crippen molar-refractivity contribution >= 4 is 10.8 Å². The van der Waals surface area contributed by atoms with Gasteiger partial charge in [0.1, 0.15) is 18.1 Å². The normalized spacial score (nSPS) is 12.4. The second-order valence-corrected chi connectivity index (χ2v) is 4.20. The molecule has 0 aliphatic heterocycles. The Kier molecular flexibility index (Phi) is 4.05. The fourth-order valence-electron chi connectivity index (χ4n) is 1.86. The third kappa shape index (κ3) is 2.74. The van der Waals surface area contributed by atoms with Crippen molar-refractivity contribution in [3.05, 3.63) is 36.4 Å². The van der Waals surface area contributed by atoms with Gasteiger partial charge in [-0.2, -0.15) is 0 Å². The van der Waals surface area contributed by atoms with Gasteiger partial charge in [-0.3, -0.25) is 0 Å². The average Bonchev–Trinajstić information content (AvgIpc) is 2.38. The molecule has 0 radical (unpaired) electrons. The molecule has 1 atom stereocenters. The molecule has 0 aliphatic carbocycles. The van der Waals surface area contributed by atoms with Crippen LogP contribution in [0.2, 0.25) is 0 Å². The Bertz CT molecular complexity index is 520. The first-order chi connectivity index (χ1) is 8.72. The molecule has 0 aliphatic rings. The highest BCUT2D eigenvalue weighted by Gasteiger charge is 2.08. The maximum Gasteiger partial charge on any atom is 0.127 e. The number of hydrogen-bond acceptors (Lipinski definition) is 3. The molecule has 96 valence electrons. The van der Waals surface area contributed by atoms with Gasteiger partial charge in [-0.25, -0.2) is 0 Å². The third-order valence-corrected chi connectivity index (χ3v) is 2.62. The van der Waals surface area contributed by atoms with Crippen LogP contribution >= 0.6 is 0 Å². The monoisotopic (exact) mass is 246 g/mol. The first-order valence-electron chi connectivity index (χ1n) is 6.17. The zero-order valence-corrected chi connectivity index (χ0v) is 10.7. The first kappa shape index (κ1) is 12.7. The van der Waals surface area contributed by atoms with Gasteiger partial charge in [0.2, 0.25) is 0 Å². The predicted octanol–water partition coefficient (Wildman–Crippen LogP) is 3.00. The van der Waals surface area contributed by atoms with E-state index in [0.29, 0.717) is 6.61 Å². The number of rotatable bonds is 5. The van der Waals surface area contributed by atoms with E-state index in [1.165, 1.54) is 0 Å². The number of benzene rings is 2. The van der Waals surface area contributed by atoms with Gasteiger partial charge in [0.15, 0.2) is 0 Å².